The Balaban J connectivity index is 1.54. The lowest BCUT2D eigenvalue weighted by molar-refractivity contribution is -0.177. The van der Waals surface area contributed by atoms with Gasteiger partial charge in [0, 0.05) is 45.3 Å². The summed E-state index contributed by atoms with van der Waals surface area (Å²) in [5.41, 5.74) is 1.88. The summed E-state index contributed by atoms with van der Waals surface area (Å²) in [5, 5.41) is 10.3. The van der Waals surface area contributed by atoms with Gasteiger partial charge in [0.25, 0.3) is 0 Å². The maximum atomic E-state index is 13.8. The summed E-state index contributed by atoms with van der Waals surface area (Å²) in [6.07, 6.45) is 3.05. The van der Waals surface area contributed by atoms with Crippen LogP contribution in [0.3, 0.4) is 0 Å². The molecule has 0 aliphatic carbocycles. The first-order valence-electron chi connectivity index (χ1n) is 14.8. The highest BCUT2D eigenvalue weighted by molar-refractivity contribution is 7.84. The molecule has 14 heteroatoms. The fourth-order valence-electron chi connectivity index (χ4n) is 5.01. The van der Waals surface area contributed by atoms with Crippen molar-refractivity contribution in [1.82, 2.24) is 14.7 Å². The Morgan fingerprint density at radius 2 is 1.86 bits per heavy atom. The van der Waals surface area contributed by atoms with Gasteiger partial charge in [0.1, 0.15) is 35.5 Å². The van der Waals surface area contributed by atoms with Crippen LogP contribution >= 0.6 is 11.6 Å². The van der Waals surface area contributed by atoms with Crippen molar-refractivity contribution in [1.29, 1.82) is 0 Å². The van der Waals surface area contributed by atoms with Crippen LogP contribution in [0.25, 0.3) is 11.4 Å². The molecule has 0 radical (unpaired) electrons. The molecule has 1 fully saturated rings. The number of nitrogens with zero attached hydrogens (tertiary/aromatic N) is 3. The number of ether oxygens (including phenoxy) is 4. The van der Waals surface area contributed by atoms with Gasteiger partial charge in [-0.05, 0) is 57.0 Å². The lowest BCUT2D eigenvalue weighted by Gasteiger charge is -2.27. The predicted molar refractivity (Wildman–Crippen MR) is 171 cm³/mol. The van der Waals surface area contributed by atoms with E-state index in [0.717, 1.165) is 6.04 Å². The van der Waals surface area contributed by atoms with Crippen LogP contribution in [0.2, 0.25) is 30.8 Å². The second kappa shape index (κ2) is 15.1. The summed E-state index contributed by atoms with van der Waals surface area (Å²) in [6.45, 7) is 12.9. The minimum atomic E-state index is -1.61. The zero-order valence-electron chi connectivity index (χ0n) is 26.1. The van der Waals surface area contributed by atoms with Gasteiger partial charge in [-0.2, -0.15) is 0 Å². The van der Waals surface area contributed by atoms with Crippen molar-refractivity contribution in [2.45, 2.75) is 82.0 Å². The molecule has 4 rings (SSSR count). The van der Waals surface area contributed by atoms with Crippen LogP contribution in [-0.4, -0.2) is 64.8 Å². The largest absolute Gasteiger partial charge is 0.381 e. The molecule has 3 heterocycles. The molecule has 1 aromatic carbocycles. The second-order valence-electron chi connectivity index (χ2n) is 12.9. The first kappa shape index (κ1) is 34.9. The Kier molecular flexibility index (Phi) is 12.0. The van der Waals surface area contributed by atoms with Gasteiger partial charge in [-0.1, -0.05) is 36.4 Å². The van der Waals surface area contributed by atoms with Gasteiger partial charge in [0.15, 0.2) is 0 Å². The van der Waals surface area contributed by atoms with Crippen LogP contribution in [0.5, 0.6) is 0 Å². The molecular formula is C30H44ClFN4O6SSi. The Hall–Kier alpha value is -1.97. The van der Waals surface area contributed by atoms with E-state index in [9.17, 15) is 8.60 Å². The zero-order chi connectivity index (χ0) is 32.0. The van der Waals surface area contributed by atoms with Gasteiger partial charge in [-0.25, -0.2) is 13.6 Å². The molecule has 0 saturated carbocycles. The van der Waals surface area contributed by atoms with E-state index in [2.05, 4.69) is 24.8 Å². The van der Waals surface area contributed by atoms with Crippen molar-refractivity contribution < 1.29 is 32.1 Å². The molecule has 2 N–H and O–H groups in total. The summed E-state index contributed by atoms with van der Waals surface area (Å²) in [5.74, 6) is -1.08. The molecular weight excluding hydrogens is 627 g/mol. The standard InChI is InChI=1S/C30H44ClFN4O6SSi/c1-29(2,43(33)37)19-23(20-38-13-6-12-30(40-15-16-41-30)25-11-14-42-35-25)26-27(31)36(21-39-17-18-44(3,4)5)28(34-26)22-7-9-24(32)10-8-22/h7-11,14,23H,6,12-13,15-21,33H2,1-5H3/t23-,43?/m0/s1. The molecule has 244 valence electrons. The highest BCUT2D eigenvalue weighted by atomic mass is 35.5. The third-order valence-corrected chi connectivity index (χ3v) is 11.0. The van der Waals surface area contributed by atoms with Gasteiger partial charge in [-0.3, -0.25) is 9.71 Å². The summed E-state index contributed by atoms with van der Waals surface area (Å²) >= 11 is 7.03. The Morgan fingerprint density at radius 3 is 2.48 bits per heavy atom. The van der Waals surface area contributed by atoms with Crippen molar-refractivity contribution in [2.75, 3.05) is 33.0 Å². The van der Waals surface area contributed by atoms with Crippen LogP contribution in [0.15, 0.2) is 41.1 Å². The quantitative estimate of drug-likeness (QED) is 0.133. The van der Waals surface area contributed by atoms with Crippen molar-refractivity contribution in [3.8, 4) is 11.4 Å². The number of aromatic nitrogens is 3. The van der Waals surface area contributed by atoms with E-state index >= 15 is 0 Å². The third kappa shape index (κ3) is 9.06. The van der Waals surface area contributed by atoms with E-state index in [1.807, 2.05) is 13.8 Å². The van der Waals surface area contributed by atoms with Crippen LogP contribution in [0.1, 0.15) is 50.4 Å². The lowest BCUT2D eigenvalue weighted by Crippen LogP contribution is -2.35. The average molecular weight is 671 g/mol. The normalized spacial score (nSPS) is 16.8. The predicted octanol–water partition coefficient (Wildman–Crippen LogP) is 6.21. The molecule has 1 saturated heterocycles. The summed E-state index contributed by atoms with van der Waals surface area (Å²) < 4.78 is 56.4. The molecule has 44 heavy (non-hydrogen) atoms. The van der Waals surface area contributed by atoms with Crippen LogP contribution in [-0.2, 0) is 42.5 Å². The minimum Gasteiger partial charge on any atom is -0.381 e. The number of nitrogens with two attached hydrogens (primary N) is 1. The van der Waals surface area contributed by atoms with E-state index < -0.39 is 29.6 Å². The maximum absolute atomic E-state index is 13.8. The molecule has 0 amide bonds. The van der Waals surface area contributed by atoms with E-state index in [1.165, 1.54) is 18.4 Å². The van der Waals surface area contributed by atoms with Crippen LogP contribution in [0, 0.1) is 5.82 Å². The summed E-state index contributed by atoms with van der Waals surface area (Å²) in [4.78, 5) is 4.95. The highest BCUT2D eigenvalue weighted by Gasteiger charge is 2.40. The molecule has 10 nitrogen and oxygen atoms in total. The van der Waals surface area contributed by atoms with Crippen molar-refractivity contribution in [2.24, 2.45) is 5.14 Å². The number of hydrogen-bond acceptors (Lipinski definition) is 8. The van der Waals surface area contributed by atoms with Crippen molar-refractivity contribution >= 4 is 30.7 Å². The number of halogens is 2. The Bertz CT molecular complexity index is 1360. The SMILES string of the molecule is CC(C)(C[C@@H](COCCCC1(c2ccon2)OCCO1)c1nc(-c2ccc(F)cc2)n(COCC[Si](C)(C)C)c1Cl)S(N)=O. The van der Waals surface area contributed by atoms with E-state index in [4.69, 9.17) is 45.2 Å². The van der Waals surface area contributed by atoms with Gasteiger partial charge < -0.3 is 23.5 Å². The highest BCUT2D eigenvalue weighted by Crippen LogP contribution is 2.37. The Labute approximate surface area is 267 Å². The average Bonchev–Trinajstić information content (AvgIpc) is 3.72. The third-order valence-electron chi connectivity index (χ3n) is 7.61. The van der Waals surface area contributed by atoms with Crippen molar-refractivity contribution in [3.63, 3.8) is 0 Å². The molecule has 0 spiro atoms. The number of hydrogen-bond donors (Lipinski definition) is 1. The smallest absolute Gasteiger partial charge is 0.215 e. The first-order valence-corrected chi connectivity index (χ1v) is 20.1. The number of rotatable bonds is 17. The molecule has 1 unspecified atom stereocenters. The first-order chi connectivity index (χ1) is 20.8. The van der Waals surface area contributed by atoms with Gasteiger partial charge in [0.05, 0.1) is 41.2 Å². The van der Waals surface area contributed by atoms with Gasteiger partial charge >= 0.3 is 0 Å². The van der Waals surface area contributed by atoms with Gasteiger partial charge in [-0.15, -0.1) is 0 Å². The number of benzene rings is 1. The van der Waals surface area contributed by atoms with E-state index in [1.54, 1.807) is 22.8 Å². The van der Waals surface area contributed by atoms with Crippen LogP contribution in [0.4, 0.5) is 4.39 Å². The molecule has 2 aromatic heterocycles. The lowest BCUT2D eigenvalue weighted by atomic mass is 9.94. The molecule has 1 aliphatic rings. The Morgan fingerprint density at radius 1 is 1.16 bits per heavy atom. The molecule has 2 atom stereocenters. The fraction of sp³-hybridized carbons (Fsp3) is 0.600. The monoisotopic (exact) mass is 670 g/mol. The van der Waals surface area contributed by atoms with Crippen LogP contribution < -0.4 is 5.14 Å². The topological polar surface area (TPSA) is 124 Å². The van der Waals surface area contributed by atoms with E-state index in [-0.39, 0.29) is 25.1 Å². The van der Waals surface area contributed by atoms with Gasteiger partial charge in [0.2, 0.25) is 5.79 Å². The second-order valence-corrected chi connectivity index (χ2v) is 20.5. The van der Waals surface area contributed by atoms with Crippen molar-refractivity contribution in [3.05, 3.63) is 59.0 Å². The molecule has 0 bridgehead atoms. The maximum Gasteiger partial charge on any atom is 0.215 e. The zero-order valence-corrected chi connectivity index (χ0v) is 28.7. The summed E-state index contributed by atoms with van der Waals surface area (Å²) in [7, 11) is -2.91. The van der Waals surface area contributed by atoms with E-state index in [0.29, 0.717) is 73.6 Å². The molecule has 3 aromatic rings. The summed E-state index contributed by atoms with van der Waals surface area (Å²) in [6, 6.07) is 8.84. The number of imidazole rings is 1. The minimum absolute atomic E-state index is 0.187. The fourth-order valence-corrected chi connectivity index (χ4v) is 6.46. The molecule has 1 aliphatic heterocycles.